The van der Waals surface area contributed by atoms with Gasteiger partial charge in [-0.25, -0.2) is 14.8 Å². The van der Waals surface area contributed by atoms with Crippen LogP contribution in [-0.2, 0) is 5.41 Å². The Morgan fingerprint density at radius 1 is 0.571 bits per heavy atom. The standard InChI is InChI=1S/C45H31N3O/c1-46-32-19-21-37-36(26-32)43-35(13-9-14-38(43)45(37)22-7-2-8-23-45)40-27-39(30-18-20-34-33-12-5-6-15-41(33)49-42(34)25-30)47-44(48-40)31-17-16-28-10-3-4-11-29(28)24-31/h3-6,9-21,24-27H,2,7-8,22-23H2. The summed E-state index contributed by atoms with van der Waals surface area (Å²) in [5, 5.41) is 4.54. The molecule has 4 heteroatoms. The number of benzene rings is 6. The van der Waals surface area contributed by atoms with E-state index in [0.29, 0.717) is 11.5 Å². The van der Waals surface area contributed by atoms with Crippen molar-refractivity contribution in [3.63, 3.8) is 0 Å². The third-order valence-corrected chi connectivity index (χ3v) is 10.9. The quantitative estimate of drug-likeness (QED) is 0.183. The minimum absolute atomic E-state index is 0.0250. The maximum atomic E-state index is 7.84. The summed E-state index contributed by atoms with van der Waals surface area (Å²) in [6, 6.07) is 44.6. The van der Waals surface area contributed by atoms with Crippen molar-refractivity contribution in [1.29, 1.82) is 0 Å². The lowest BCUT2D eigenvalue weighted by Gasteiger charge is -2.36. The average molecular weight is 630 g/mol. The fourth-order valence-electron chi connectivity index (χ4n) is 8.60. The fourth-order valence-corrected chi connectivity index (χ4v) is 8.60. The van der Waals surface area contributed by atoms with Gasteiger partial charge in [0.15, 0.2) is 11.5 Å². The van der Waals surface area contributed by atoms with Crippen LogP contribution in [0.25, 0.3) is 82.6 Å². The predicted molar refractivity (Wildman–Crippen MR) is 199 cm³/mol. The highest BCUT2D eigenvalue weighted by molar-refractivity contribution is 6.06. The zero-order valence-electron chi connectivity index (χ0n) is 26.9. The van der Waals surface area contributed by atoms with Crippen LogP contribution in [-0.4, -0.2) is 9.97 Å². The number of aromatic nitrogens is 2. The van der Waals surface area contributed by atoms with E-state index in [1.807, 2.05) is 24.3 Å². The first-order valence-corrected chi connectivity index (χ1v) is 17.1. The van der Waals surface area contributed by atoms with Crippen molar-refractivity contribution >= 4 is 38.4 Å². The predicted octanol–water partition coefficient (Wildman–Crippen LogP) is 12.3. The average Bonchev–Trinajstić information content (AvgIpc) is 3.67. The molecule has 0 amide bonds. The molecule has 0 aliphatic heterocycles. The van der Waals surface area contributed by atoms with Gasteiger partial charge in [0, 0.05) is 32.9 Å². The maximum absolute atomic E-state index is 7.84. The number of furan rings is 1. The number of rotatable bonds is 3. The van der Waals surface area contributed by atoms with Crippen LogP contribution in [0.1, 0.15) is 43.2 Å². The number of nitrogens with zero attached hydrogens (tertiary/aromatic N) is 3. The molecule has 0 atom stereocenters. The Morgan fingerprint density at radius 3 is 2.27 bits per heavy atom. The molecule has 2 aliphatic carbocycles. The molecule has 2 aliphatic rings. The summed E-state index contributed by atoms with van der Waals surface area (Å²) in [4.78, 5) is 14.4. The molecule has 0 bridgehead atoms. The van der Waals surface area contributed by atoms with E-state index < -0.39 is 0 Å². The van der Waals surface area contributed by atoms with Crippen LogP contribution in [0.5, 0.6) is 0 Å². The Kier molecular flexibility index (Phi) is 6.14. The van der Waals surface area contributed by atoms with Crippen LogP contribution in [0.15, 0.2) is 132 Å². The van der Waals surface area contributed by atoms with Crippen LogP contribution in [0.3, 0.4) is 0 Å². The largest absolute Gasteiger partial charge is 0.456 e. The van der Waals surface area contributed by atoms with Gasteiger partial charge in [-0.2, -0.15) is 0 Å². The van der Waals surface area contributed by atoms with Gasteiger partial charge in [-0.05, 0) is 82.3 Å². The van der Waals surface area contributed by atoms with Crippen molar-refractivity contribution < 1.29 is 4.42 Å². The molecule has 1 fully saturated rings. The molecule has 0 unspecified atom stereocenters. The first kappa shape index (κ1) is 28.0. The van der Waals surface area contributed by atoms with E-state index in [9.17, 15) is 0 Å². The Hall–Kier alpha value is -6.05. The zero-order valence-corrected chi connectivity index (χ0v) is 26.9. The minimum atomic E-state index is -0.0250. The Labute approximate surface area is 284 Å². The topological polar surface area (TPSA) is 43.3 Å². The highest BCUT2D eigenvalue weighted by Crippen LogP contribution is 2.58. The van der Waals surface area contributed by atoms with E-state index in [0.717, 1.165) is 68.2 Å². The van der Waals surface area contributed by atoms with Crippen LogP contribution in [0, 0.1) is 6.57 Å². The molecule has 0 saturated heterocycles. The van der Waals surface area contributed by atoms with Gasteiger partial charge in [0.2, 0.25) is 0 Å². The van der Waals surface area contributed by atoms with E-state index in [2.05, 4.69) is 108 Å². The van der Waals surface area contributed by atoms with Crippen molar-refractivity contribution in [1.82, 2.24) is 9.97 Å². The summed E-state index contributed by atoms with van der Waals surface area (Å²) in [7, 11) is 0. The second-order valence-corrected chi connectivity index (χ2v) is 13.5. The highest BCUT2D eigenvalue weighted by atomic mass is 16.3. The Bertz CT molecular complexity index is 2670. The number of hydrogen-bond donors (Lipinski definition) is 0. The van der Waals surface area contributed by atoms with Crippen LogP contribution >= 0.6 is 0 Å². The molecule has 49 heavy (non-hydrogen) atoms. The SMILES string of the molecule is [C-]#[N+]c1ccc2c(c1)-c1c(-c3cc(-c4ccc5c(c4)oc4ccccc45)nc(-c4ccc5ccccc5c4)n3)cccc1C21CCCCC1. The molecular formula is C45H31N3O. The normalized spacial score (nSPS) is 14.7. The Morgan fingerprint density at radius 2 is 1.37 bits per heavy atom. The van der Waals surface area contributed by atoms with E-state index in [4.69, 9.17) is 21.0 Å². The van der Waals surface area contributed by atoms with E-state index >= 15 is 0 Å². The van der Waals surface area contributed by atoms with Gasteiger partial charge in [0.1, 0.15) is 11.2 Å². The minimum Gasteiger partial charge on any atom is -0.456 e. The molecule has 0 N–H and O–H groups in total. The summed E-state index contributed by atoms with van der Waals surface area (Å²) in [5.74, 6) is 0.682. The van der Waals surface area contributed by atoms with Crippen molar-refractivity contribution in [2.75, 3.05) is 0 Å². The highest BCUT2D eigenvalue weighted by Gasteiger charge is 2.44. The zero-order chi connectivity index (χ0) is 32.5. The summed E-state index contributed by atoms with van der Waals surface area (Å²) >= 11 is 0. The third kappa shape index (κ3) is 4.29. The van der Waals surface area contributed by atoms with Crippen LogP contribution in [0.4, 0.5) is 5.69 Å². The maximum Gasteiger partial charge on any atom is 0.187 e. The molecule has 8 aromatic rings. The lowest BCUT2D eigenvalue weighted by Crippen LogP contribution is -2.27. The van der Waals surface area contributed by atoms with E-state index in [-0.39, 0.29) is 5.41 Å². The molecular weight excluding hydrogens is 599 g/mol. The molecule has 232 valence electrons. The first-order valence-electron chi connectivity index (χ1n) is 17.1. The molecule has 1 saturated carbocycles. The van der Waals surface area contributed by atoms with Gasteiger partial charge in [-0.15, -0.1) is 0 Å². The molecule has 6 aromatic carbocycles. The monoisotopic (exact) mass is 629 g/mol. The second kappa shape index (κ2) is 10.7. The van der Waals surface area contributed by atoms with Crippen molar-refractivity contribution in [2.45, 2.75) is 37.5 Å². The van der Waals surface area contributed by atoms with Gasteiger partial charge in [0.25, 0.3) is 0 Å². The molecule has 1 spiro atoms. The smallest absolute Gasteiger partial charge is 0.187 e. The van der Waals surface area contributed by atoms with Gasteiger partial charge in [0.05, 0.1) is 18.0 Å². The van der Waals surface area contributed by atoms with Crippen molar-refractivity contribution in [2.24, 2.45) is 0 Å². The molecule has 2 heterocycles. The van der Waals surface area contributed by atoms with Crippen LogP contribution < -0.4 is 0 Å². The van der Waals surface area contributed by atoms with Crippen LogP contribution in [0.2, 0.25) is 0 Å². The van der Waals surface area contributed by atoms with Gasteiger partial charge in [-0.3, -0.25) is 0 Å². The molecule has 0 radical (unpaired) electrons. The summed E-state index contributed by atoms with van der Waals surface area (Å²) < 4.78 is 6.31. The summed E-state index contributed by atoms with van der Waals surface area (Å²) in [6.45, 7) is 7.84. The van der Waals surface area contributed by atoms with Crippen molar-refractivity contribution in [3.05, 3.63) is 150 Å². The lowest BCUT2D eigenvalue weighted by molar-refractivity contribution is 0.353. The summed E-state index contributed by atoms with van der Waals surface area (Å²) in [6.07, 6.45) is 5.95. The summed E-state index contributed by atoms with van der Waals surface area (Å²) in [5.41, 5.74) is 12.2. The number of para-hydroxylation sites is 1. The van der Waals surface area contributed by atoms with Gasteiger partial charge >= 0.3 is 0 Å². The Balaban J connectivity index is 1.22. The number of fused-ring (bicyclic) bond motifs is 9. The van der Waals surface area contributed by atoms with Gasteiger partial charge < -0.3 is 4.42 Å². The van der Waals surface area contributed by atoms with E-state index in [1.54, 1.807) is 0 Å². The molecule has 2 aromatic heterocycles. The molecule has 4 nitrogen and oxygen atoms in total. The van der Waals surface area contributed by atoms with Crippen molar-refractivity contribution in [3.8, 4) is 45.0 Å². The molecule has 10 rings (SSSR count). The second-order valence-electron chi connectivity index (χ2n) is 13.5. The first-order chi connectivity index (χ1) is 24.2. The van der Waals surface area contributed by atoms with E-state index in [1.165, 1.54) is 46.9 Å². The third-order valence-electron chi connectivity index (χ3n) is 10.9. The van der Waals surface area contributed by atoms with Gasteiger partial charge in [-0.1, -0.05) is 110 Å². The number of hydrogen-bond acceptors (Lipinski definition) is 3. The lowest BCUT2D eigenvalue weighted by atomic mass is 9.68. The fraction of sp³-hybridized carbons (Fsp3) is 0.133.